The molecule has 0 aliphatic heterocycles. The summed E-state index contributed by atoms with van der Waals surface area (Å²) in [5, 5.41) is 3.33. The van der Waals surface area contributed by atoms with Crippen LogP contribution in [0.15, 0.2) is 54.6 Å². The lowest BCUT2D eigenvalue weighted by atomic mass is 10.2. The van der Waals surface area contributed by atoms with E-state index in [0.29, 0.717) is 0 Å². The number of hydrogen-bond acceptors (Lipinski definition) is 2. The van der Waals surface area contributed by atoms with E-state index >= 15 is 0 Å². The lowest BCUT2D eigenvalue weighted by Crippen LogP contribution is -1.98. The zero-order valence-electron chi connectivity index (χ0n) is 8.89. The molecule has 84 valence electrons. The summed E-state index contributed by atoms with van der Waals surface area (Å²) < 4.78 is 0. The summed E-state index contributed by atoms with van der Waals surface area (Å²) in [5.41, 5.74) is 8.76. The average Bonchev–Trinajstić information content (AvgIpc) is 2.30. The number of nitrogen functional groups attached to an aromatic ring is 1. The van der Waals surface area contributed by atoms with Crippen LogP contribution in [-0.2, 0) is 6.54 Å². The largest absolute Gasteiger partial charge is 0.399 e. The molecule has 2 aromatic rings. The molecule has 0 aromatic heterocycles. The third-order valence-electron chi connectivity index (χ3n) is 2.25. The maximum atomic E-state index is 5.61. The SMILES string of the molecule is Cl.Nc1ccc(NCc2ccccc2)cc1. The Balaban J connectivity index is 0.00000128. The zero-order valence-corrected chi connectivity index (χ0v) is 9.71. The van der Waals surface area contributed by atoms with Crippen LogP contribution in [0.4, 0.5) is 11.4 Å². The van der Waals surface area contributed by atoms with E-state index in [1.807, 2.05) is 42.5 Å². The van der Waals surface area contributed by atoms with Crippen LogP contribution in [0.3, 0.4) is 0 Å². The van der Waals surface area contributed by atoms with Crippen molar-refractivity contribution in [2.24, 2.45) is 0 Å². The molecule has 0 atom stereocenters. The molecule has 0 unspecified atom stereocenters. The molecular formula is C13H15ClN2. The molecule has 0 amide bonds. The molecule has 2 aromatic carbocycles. The van der Waals surface area contributed by atoms with Crippen molar-refractivity contribution in [1.29, 1.82) is 0 Å². The van der Waals surface area contributed by atoms with E-state index in [4.69, 9.17) is 5.73 Å². The first-order valence-electron chi connectivity index (χ1n) is 4.98. The zero-order chi connectivity index (χ0) is 10.5. The van der Waals surface area contributed by atoms with Crippen molar-refractivity contribution in [3.05, 3.63) is 60.2 Å². The molecule has 0 aliphatic carbocycles. The van der Waals surface area contributed by atoms with Crippen molar-refractivity contribution < 1.29 is 0 Å². The Morgan fingerprint density at radius 1 is 0.875 bits per heavy atom. The third-order valence-corrected chi connectivity index (χ3v) is 2.25. The minimum atomic E-state index is 0. The fourth-order valence-corrected chi connectivity index (χ4v) is 1.40. The van der Waals surface area contributed by atoms with E-state index in [1.165, 1.54) is 5.56 Å². The quantitative estimate of drug-likeness (QED) is 0.800. The normalized spacial score (nSPS) is 9.25. The molecule has 0 heterocycles. The van der Waals surface area contributed by atoms with E-state index in [0.717, 1.165) is 17.9 Å². The van der Waals surface area contributed by atoms with Crippen LogP contribution in [0.5, 0.6) is 0 Å². The first kappa shape index (κ1) is 12.4. The van der Waals surface area contributed by atoms with Gasteiger partial charge in [0, 0.05) is 17.9 Å². The van der Waals surface area contributed by atoms with Crippen molar-refractivity contribution >= 4 is 23.8 Å². The maximum absolute atomic E-state index is 5.61. The van der Waals surface area contributed by atoms with Gasteiger partial charge in [0.25, 0.3) is 0 Å². The van der Waals surface area contributed by atoms with Gasteiger partial charge in [0.05, 0.1) is 0 Å². The number of nitrogens with one attached hydrogen (secondary N) is 1. The number of halogens is 1. The Bertz CT molecular complexity index is 412. The molecular weight excluding hydrogens is 220 g/mol. The van der Waals surface area contributed by atoms with Gasteiger partial charge in [-0.2, -0.15) is 0 Å². The second-order valence-electron chi connectivity index (χ2n) is 3.46. The first-order chi connectivity index (χ1) is 7.34. The minimum Gasteiger partial charge on any atom is -0.399 e. The standard InChI is InChI=1S/C13H14N2.ClH/c14-12-6-8-13(9-7-12)15-10-11-4-2-1-3-5-11;/h1-9,15H,10,14H2;1H. The number of rotatable bonds is 3. The summed E-state index contributed by atoms with van der Waals surface area (Å²) in [6.07, 6.45) is 0. The Morgan fingerprint density at radius 3 is 2.12 bits per heavy atom. The van der Waals surface area contributed by atoms with Crippen LogP contribution in [-0.4, -0.2) is 0 Å². The van der Waals surface area contributed by atoms with Gasteiger partial charge in [0.1, 0.15) is 0 Å². The summed E-state index contributed by atoms with van der Waals surface area (Å²) in [7, 11) is 0. The highest BCUT2D eigenvalue weighted by Gasteiger charge is 1.92. The van der Waals surface area contributed by atoms with Crippen molar-refractivity contribution in [2.75, 3.05) is 11.1 Å². The molecule has 0 bridgehead atoms. The molecule has 0 saturated heterocycles. The van der Waals surface area contributed by atoms with E-state index < -0.39 is 0 Å². The van der Waals surface area contributed by atoms with Crippen molar-refractivity contribution in [1.82, 2.24) is 0 Å². The van der Waals surface area contributed by atoms with Gasteiger partial charge in [-0.1, -0.05) is 30.3 Å². The van der Waals surface area contributed by atoms with Crippen LogP contribution in [0.1, 0.15) is 5.56 Å². The van der Waals surface area contributed by atoms with Gasteiger partial charge < -0.3 is 11.1 Å². The lowest BCUT2D eigenvalue weighted by Gasteiger charge is -2.06. The predicted molar refractivity (Wildman–Crippen MR) is 71.9 cm³/mol. The van der Waals surface area contributed by atoms with Crippen LogP contribution in [0, 0.1) is 0 Å². The average molecular weight is 235 g/mol. The van der Waals surface area contributed by atoms with E-state index in [-0.39, 0.29) is 12.4 Å². The smallest absolute Gasteiger partial charge is 0.0400 e. The van der Waals surface area contributed by atoms with Gasteiger partial charge in [-0.3, -0.25) is 0 Å². The van der Waals surface area contributed by atoms with Crippen molar-refractivity contribution in [3.8, 4) is 0 Å². The summed E-state index contributed by atoms with van der Waals surface area (Å²) in [4.78, 5) is 0. The highest BCUT2D eigenvalue weighted by molar-refractivity contribution is 5.85. The highest BCUT2D eigenvalue weighted by atomic mass is 35.5. The molecule has 0 aliphatic rings. The second-order valence-corrected chi connectivity index (χ2v) is 3.46. The van der Waals surface area contributed by atoms with Gasteiger partial charge >= 0.3 is 0 Å². The van der Waals surface area contributed by atoms with Crippen LogP contribution in [0.25, 0.3) is 0 Å². The molecule has 2 rings (SSSR count). The van der Waals surface area contributed by atoms with Crippen LogP contribution < -0.4 is 11.1 Å². The Kier molecular flexibility index (Phi) is 4.67. The lowest BCUT2D eigenvalue weighted by molar-refractivity contribution is 1.15. The molecule has 3 heteroatoms. The van der Waals surface area contributed by atoms with Gasteiger partial charge in [0.15, 0.2) is 0 Å². The number of benzene rings is 2. The van der Waals surface area contributed by atoms with Crippen molar-refractivity contribution in [3.63, 3.8) is 0 Å². The molecule has 3 N–H and O–H groups in total. The third kappa shape index (κ3) is 3.48. The fourth-order valence-electron chi connectivity index (χ4n) is 1.40. The van der Waals surface area contributed by atoms with Gasteiger partial charge in [-0.25, -0.2) is 0 Å². The Morgan fingerprint density at radius 2 is 1.50 bits per heavy atom. The summed E-state index contributed by atoms with van der Waals surface area (Å²) in [6.45, 7) is 0.838. The topological polar surface area (TPSA) is 38.0 Å². The van der Waals surface area contributed by atoms with Gasteiger partial charge in [-0.15, -0.1) is 12.4 Å². The molecule has 16 heavy (non-hydrogen) atoms. The molecule has 0 saturated carbocycles. The molecule has 0 radical (unpaired) electrons. The minimum absolute atomic E-state index is 0. The van der Waals surface area contributed by atoms with E-state index in [9.17, 15) is 0 Å². The van der Waals surface area contributed by atoms with E-state index in [1.54, 1.807) is 0 Å². The second kappa shape index (κ2) is 6.03. The Hall–Kier alpha value is -1.67. The van der Waals surface area contributed by atoms with E-state index in [2.05, 4.69) is 17.4 Å². The fraction of sp³-hybridized carbons (Fsp3) is 0.0769. The number of hydrogen-bond donors (Lipinski definition) is 2. The summed E-state index contributed by atoms with van der Waals surface area (Å²) in [6, 6.07) is 18.1. The summed E-state index contributed by atoms with van der Waals surface area (Å²) >= 11 is 0. The summed E-state index contributed by atoms with van der Waals surface area (Å²) in [5.74, 6) is 0. The highest BCUT2D eigenvalue weighted by Crippen LogP contribution is 2.11. The predicted octanol–water partition coefficient (Wildman–Crippen LogP) is 3.30. The maximum Gasteiger partial charge on any atom is 0.0400 e. The van der Waals surface area contributed by atoms with Crippen LogP contribution >= 0.6 is 12.4 Å². The van der Waals surface area contributed by atoms with Crippen molar-refractivity contribution in [2.45, 2.75) is 6.54 Å². The van der Waals surface area contributed by atoms with Crippen LogP contribution in [0.2, 0.25) is 0 Å². The van der Waals surface area contributed by atoms with Gasteiger partial charge in [-0.05, 0) is 29.8 Å². The Labute approximate surface area is 102 Å². The molecule has 0 fully saturated rings. The number of anilines is 2. The monoisotopic (exact) mass is 234 g/mol. The number of nitrogens with two attached hydrogens (primary N) is 1. The molecule has 0 spiro atoms. The first-order valence-corrected chi connectivity index (χ1v) is 4.98. The molecule has 2 nitrogen and oxygen atoms in total. The van der Waals surface area contributed by atoms with Gasteiger partial charge in [0.2, 0.25) is 0 Å².